The largest absolute Gasteiger partial charge is 0.871 e. The van der Waals surface area contributed by atoms with Crippen LogP contribution in [0.2, 0.25) is 0 Å². The molecule has 18 nitrogen and oxygen atoms in total. The minimum absolute atomic E-state index is 0.260. The summed E-state index contributed by atoms with van der Waals surface area (Å²) in [4.78, 5) is 0. The number of hydrogen-bond donors (Lipinski definition) is 10. The first kappa shape index (κ1) is 30.2. The number of aliphatic hydroxyl groups excluding tert-OH is 8. The molecule has 4 aliphatic heterocycles. The molecule has 0 aromatic carbocycles. The van der Waals surface area contributed by atoms with Crippen LogP contribution in [0.25, 0.3) is 0 Å². The summed E-state index contributed by atoms with van der Waals surface area (Å²) in [6, 6.07) is -1.95. The lowest BCUT2D eigenvalue weighted by atomic mass is 9.99. The lowest BCUT2D eigenvalue weighted by Gasteiger charge is -2.45. The van der Waals surface area contributed by atoms with Crippen molar-refractivity contribution in [1.29, 1.82) is 0 Å². The molecule has 226 valence electrons. The van der Waals surface area contributed by atoms with Crippen molar-refractivity contribution < 1.29 is 80.4 Å². The van der Waals surface area contributed by atoms with Crippen LogP contribution in [0.15, 0.2) is 47.1 Å². The second kappa shape index (κ2) is 12.0. The molecule has 4 aliphatic rings. The third-order valence-corrected chi connectivity index (χ3v) is 6.76. The Balaban J connectivity index is 1.59. The molecule has 10 N–H and O–H groups in total. The first-order valence-corrected chi connectivity index (χ1v) is 12.0. The van der Waals surface area contributed by atoms with Crippen molar-refractivity contribution in [1.82, 2.24) is 10.1 Å². The highest BCUT2D eigenvalue weighted by Gasteiger charge is 2.46. The van der Waals surface area contributed by atoms with Gasteiger partial charge >= 0.3 is 0 Å². The molecule has 0 saturated carbocycles. The highest BCUT2D eigenvalue weighted by Crippen LogP contribution is 2.33. The van der Waals surface area contributed by atoms with Gasteiger partial charge in [0.05, 0.1) is 25.5 Å². The topological polar surface area (TPSA) is 292 Å². The second-order valence-electron chi connectivity index (χ2n) is 9.32. The van der Waals surface area contributed by atoms with Crippen LogP contribution in [0.1, 0.15) is 0 Å². The number of rotatable bonds is 7. The Bertz CT molecular complexity index is 1050. The molecule has 18 heteroatoms. The molecule has 0 aromatic rings. The molecule has 2 fully saturated rings. The molecule has 11 atom stereocenters. The van der Waals surface area contributed by atoms with Gasteiger partial charge in [-0.05, 0) is 17.9 Å². The summed E-state index contributed by atoms with van der Waals surface area (Å²) in [5.41, 5.74) is -0.756. The van der Waals surface area contributed by atoms with Crippen LogP contribution in [0.3, 0.4) is 0 Å². The maximum Gasteiger partial charge on any atom is 0.229 e. The van der Waals surface area contributed by atoms with E-state index in [9.17, 15) is 61.5 Å². The van der Waals surface area contributed by atoms with Crippen molar-refractivity contribution >= 4 is 0 Å². The summed E-state index contributed by atoms with van der Waals surface area (Å²) < 4.78 is 21.1. The van der Waals surface area contributed by atoms with Gasteiger partial charge in [0, 0.05) is 6.20 Å². The van der Waals surface area contributed by atoms with Crippen LogP contribution in [-0.2, 0) is 18.9 Å². The van der Waals surface area contributed by atoms with Crippen molar-refractivity contribution in [3.63, 3.8) is 0 Å². The lowest BCUT2D eigenvalue weighted by molar-refractivity contribution is -0.343. The Morgan fingerprint density at radius 1 is 0.800 bits per heavy atom. The second-order valence-corrected chi connectivity index (χ2v) is 9.32. The fourth-order valence-corrected chi connectivity index (χ4v) is 4.46. The normalized spacial score (nSPS) is 40.9. The number of allylic oxidation sites excluding steroid dienone is 1. The number of hydrogen-bond acceptors (Lipinski definition) is 18. The molecule has 0 amide bonds. The zero-order valence-corrected chi connectivity index (χ0v) is 20.5. The molecule has 4 heterocycles. The predicted molar refractivity (Wildman–Crippen MR) is 117 cm³/mol. The predicted octanol–water partition coefficient (Wildman–Crippen LogP) is -7.06. The Morgan fingerprint density at radius 3 is 1.85 bits per heavy atom. The zero-order chi connectivity index (χ0) is 29.5. The molecular weight excluding hydrogens is 548 g/mol. The molecule has 0 radical (unpaired) electrons. The Labute approximate surface area is 225 Å². The summed E-state index contributed by atoms with van der Waals surface area (Å²) in [7, 11) is 0. The number of hydroxylamine groups is 4. The van der Waals surface area contributed by atoms with Crippen LogP contribution >= 0.6 is 0 Å². The molecule has 11 unspecified atom stereocenters. The van der Waals surface area contributed by atoms with E-state index in [2.05, 4.69) is 0 Å². The maximum atomic E-state index is 13.3. The first-order valence-electron chi connectivity index (χ1n) is 12.0. The van der Waals surface area contributed by atoms with Gasteiger partial charge in [0.2, 0.25) is 12.6 Å². The van der Waals surface area contributed by atoms with E-state index in [1.54, 1.807) is 0 Å². The van der Waals surface area contributed by atoms with Crippen LogP contribution in [-0.4, -0.2) is 149 Å². The van der Waals surface area contributed by atoms with Crippen LogP contribution < -0.4 is 10.2 Å². The summed E-state index contributed by atoms with van der Waals surface area (Å²) in [6.07, 6.45) is -14.2. The van der Waals surface area contributed by atoms with E-state index < -0.39 is 116 Å². The minimum Gasteiger partial charge on any atom is -0.871 e. The van der Waals surface area contributed by atoms with Gasteiger partial charge in [0.25, 0.3) is 0 Å². The quantitative estimate of drug-likeness (QED) is 0.134. The first-order chi connectivity index (χ1) is 18.9. The van der Waals surface area contributed by atoms with E-state index in [-0.39, 0.29) is 5.06 Å². The Kier molecular flexibility index (Phi) is 9.09. The van der Waals surface area contributed by atoms with Crippen molar-refractivity contribution in [3.05, 3.63) is 47.1 Å². The third kappa shape index (κ3) is 5.44. The van der Waals surface area contributed by atoms with E-state index in [4.69, 9.17) is 18.9 Å². The van der Waals surface area contributed by atoms with Crippen molar-refractivity contribution in [2.75, 3.05) is 19.8 Å². The molecule has 0 spiro atoms. The van der Waals surface area contributed by atoms with Gasteiger partial charge in [-0.1, -0.05) is 5.76 Å². The standard InChI is InChI=1S/C22H32N2O16/c25-5-9-15(29)17(31)19(33)21(39-9)37-7-1-3-23(35)11(13(7)27)12-14(28)8(2-4-24(12)36)38-22-20(34)18(32)16(30)10(6-26)40-22/h1-3,9-11,15-22,25-36H,4-6H2/p-2. The molecule has 40 heavy (non-hydrogen) atoms. The molecule has 4 rings (SSSR count). The van der Waals surface area contributed by atoms with Crippen LogP contribution in [0.5, 0.6) is 0 Å². The summed E-state index contributed by atoms with van der Waals surface area (Å²) >= 11 is 0. The maximum absolute atomic E-state index is 13.3. The highest BCUT2D eigenvalue weighted by molar-refractivity contribution is 5.38. The average Bonchev–Trinajstić information content (AvgIpc) is 2.93. The molecule has 0 aromatic heterocycles. The molecule has 2 saturated heterocycles. The van der Waals surface area contributed by atoms with Gasteiger partial charge in [0.1, 0.15) is 66.4 Å². The van der Waals surface area contributed by atoms with Gasteiger partial charge in [-0.2, -0.15) is 0 Å². The summed E-state index contributed by atoms with van der Waals surface area (Å²) in [6.45, 7) is -2.01. The highest BCUT2D eigenvalue weighted by atomic mass is 16.7. The lowest BCUT2D eigenvalue weighted by Crippen LogP contribution is -2.59. The molecular formula is C22H30N2O16-2. The van der Waals surface area contributed by atoms with E-state index in [1.807, 2.05) is 0 Å². The Morgan fingerprint density at radius 2 is 1.32 bits per heavy atom. The smallest absolute Gasteiger partial charge is 0.229 e. The van der Waals surface area contributed by atoms with Crippen molar-refractivity contribution in [2.24, 2.45) is 0 Å². The minimum atomic E-state index is -1.95. The van der Waals surface area contributed by atoms with Crippen LogP contribution in [0.4, 0.5) is 0 Å². The van der Waals surface area contributed by atoms with E-state index in [0.717, 1.165) is 18.4 Å². The molecule has 0 aliphatic carbocycles. The Hall–Kier alpha value is -2.72. The number of ether oxygens (including phenoxy) is 4. The summed E-state index contributed by atoms with van der Waals surface area (Å²) in [5.74, 6) is -3.51. The van der Waals surface area contributed by atoms with Gasteiger partial charge in [0.15, 0.2) is 0 Å². The average molecular weight is 578 g/mol. The van der Waals surface area contributed by atoms with E-state index >= 15 is 0 Å². The van der Waals surface area contributed by atoms with Gasteiger partial charge < -0.3 is 70.0 Å². The monoisotopic (exact) mass is 578 g/mol. The van der Waals surface area contributed by atoms with Gasteiger partial charge in [-0.3, -0.25) is 20.5 Å². The fourth-order valence-electron chi connectivity index (χ4n) is 4.46. The third-order valence-electron chi connectivity index (χ3n) is 6.76. The van der Waals surface area contributed by atoms with Gasteiger partial charge in [-0.25, -0.2) is 0 Å². The van der Waals surface area contributed by atoms with Crippen molar-refractivity contribution in [3.8, 4) is 0 Å². The van der Waals surface area contributed by atoms with Crippen molar-refractivity contribution in [2.45, 2.75) is 67.5 Å². The number of aliphatic hydroxyl groups is 8. The zero-order valence-electron chi connectivity index (χ0n) is 20.5. The molecule has 0 bridgehead atoms. The van der Waals surface area contributed by atoms with Crippen LogP contribution in [0, 0.1) is 0 Å². The van der Waals surface area contributed by atoms with Gasteiger partial charge in [-0.15, -0.1) is 0 Å². The van der Waals surface area contributed by atoms with E-state index in [0.29, 0.717) is 5.06 Å². The fraction of sp³-hybridized carbons (Fsp3) is 0.636. The van der Waals surface area contributed by atoms with E-state index in [1.165, 1.54) is 0 Å². The SMILES string of the molecule is [O-]C1=C(C2C([O-])=C(OC3OC(CO)C(O)C(O)C3O)C=CN2O)N(O)CC=C1OC1OC(CO)C(O)C(O)C1O. The summed E-state index contributed by atoms with van der Waals surface area (Å²) in [5, 5.41) is 127. The number of nitrogens with zero attached hydrogens (tertiary/aromatic N) is 2.